The molecule has 0 bridgehead atoms. The molecule has 1 aromatic carbocycles. The van der Waals surface area contributed by atoms with Gasteiger partial charge in [-0.2, -0.15) is 0 Å². The highest BCUT2D eigenvalue weighted by Crippen LogP contribution is 2.32. The number of aryl methyl sites for hydroxylation is 1. The number of hydrogen-bond donors (Lipinski definition) is 1. The largest absolute Gasteiger partial charge is 0.493 e. The summed E-state index contributed by atoms with van der Waals surface area (Å²) in [7, 11) is 0. The van der Waals surface area contributed by atoms with Crippen LogP contribution in [-0.4, -0.2) is 38.5 Å². The zero-order valence-electron chi connectivity index (χ0n) is 18.3. The maximum Gasteiger partial charge on any atom is 0.359 e. The van der Waals surface area contributed by atoms with Crippen LogP contribution in [0.1, 0.15) is 34.2 Å². The average Bonchev–Trinajstić information content (AvgIpc) is 3.47. The molecule has 0 radical (unpaired) electrons. The summed E-state index contributed by atoms with van der Waals surface area (Å²) in [5.41, 5.74) is 4.45. The van der Waals surface area contributed by atoms with Crippen molar-refractivity contribution in [1.82, 2.24) is 19.4 Å². The van der Waals surface area contributed by atoms with Gasteiger partial charge in [-0.25, -0.2) is 19.2 Å². The SMILES string of the molecule is CCOC(=O)c1ncn2c(NCc3c(F)ccc4c3CCO4)ncc(-c3cccnc3C)c12. The molecule has 1 N–H and O–H groups in total. The van der Waals surface area contributed by atoms with Crippen LogP contribution in [-0.2, 0) is 17.7 Å². The number of halogens is 1. The third-order valence-corrected chi connectivity index (χ3v) is 5.70. The summed E-state index contributed by atoms with van der Waals surface area (Å²) in [6.45, 7) is 4.61. The third-order valence-electron chi connectivity index (χ3n) is 5.70. The molecular formula is C24H22FN5O3. The number of pyridine rings is 1. The fourth-order valence-electron chi connectivity index (χ4n) is 4.13. The van der Waals surface area contributed by atoms with E-state index in [1.54, 1.807) is 29.8 Å². The molecule has 4 aromatic rings. The Bertz CT molecular complexity index is 1370. The molecule has 3 aromatic heterocycles. The van der Waals surface area contributed by atoms with E-state index in [1.807, 2.05) is 19.1 Å². The molecule has 0 amide bonds. The van der Waals surface area contributed by atoms with Gasteiger partial charge in [0, 0.05) is 53.3 Å². The van der Waals surface area contributed by atoms with E-state index in [9.17, 15) is 9.18 Å². The highest BCUT2D eigenvalue weighted by Gasteiger charge is 2.23. The predicted octanol–water partition coefficient (Wildman–Crippen LogP) is 3.96. The Morgan fingerprint density at radius 3 is 2.94 bits per heavy atom. The number of anilines is 1. The maximum atomic E-state index is 14.6. The molecule has 4 heterocycles. The lowest BCUT2D eigenvalue weighted by atomic mass is 10.0. The second kappa shape index (κ2) is 8.50. The van der Waals surface area contributed by atoms with Crippen LogP contribution >= 0.6 is 0 Å². The van der Waals surface area contributed by atoms with E-state index in [2.05, 4.69) is 20.3 Å². The summed E-state index contributed by atoms with van der Waals surface area (Å²) in [6, 6.07) is 6.81. The molecule has 1 aliphatic rings. The Morgan fingerprint density at radius 2 is 2.12 bits per heavy atom. The van der Waals surface area contributed by atoms with Gasteiger partial charge >= 0.3 is 5.97 Å². The van der Waals surface area contributed by atoms with Crippen LogP contribution < -0.4 is 10.1 Å². The number of rotatable bonds is 6. The maximum absolute atomic E-state index is 14.6. The molecular weight excluding hydrogens is 425 g/mol. The smallest absolute Gasteiger partial charge is 0.359 e. The Morgan fingerprint density at radius 1 is 1.24 bits per heavy atom. The first-order valence-electron chi connectivity index (χ1n) is 10.7. The minimum atomic E-state index is -0.524. The zero-order valence-corrected chi connectivity index (χ0v) is 18.3. The lowest BCUT2D eigenvalue weighted by Crippen LogP contribution is -2.11. The summed E-state index contributed by atoms with van der Waals surface area (Å²) in [6.07, 6.45) is 5.55. The van der Waals surface area contributed by atoms with Crippen molar-refractivity contribution in [2.75, 3.05) is 18.5 Å². The fraction of sp³-hybridized carbons (Fsp3) is 0.250. The average molecular weight is 447 g/mol. The van der Waals surface area contributed by atoms with Crippen molar-refractivity contribution in [1.29, 1.82) is 0 Å². The molecule has 33 heavy (non-hydrogen) atoms. The van der Waals surface area contributed by atoms with Gasteiger partial charge in [0.05, 0.1) is 18.7 Å². The Balaban J connectivity index is 1.59. The minimum absolute atomic E-state index is 0.181. The van der Waals surface area contributed by atoms with Crippen molar-refractivity contribution in [2.45, 2.75) is 26.8 Å². The van der Waals surface area contributed by atoms with Gasteiger partial charge in [0.25, 0.3) is 0 Å². The zero-order chi connectivity index (χ0) is 22.9. The van der Waals surface area contributed by atoms with Crippen molar-refractivity contribution in [3.05, 3.63) is 71.3 Å². The second-order valence-electron chi connectivity index (χ2n) is 7.62. The second-order valence-corrected chi connectivity index (χ2v) is 7.62. The number of esters is 1. The van der Waals surface area contributed by atoms with Gasteiger partial charge in [-0.3, -0.25) is 9.38 Å². The number of fused-ring (bicyclic) bond motifs is 2. The van der Waals surface area contributed by atoms with Gasteiger partial charge in [0.2, 0.25) is 5.95 Å². The molecule has 0 saturated heterocycles. The number of carbonyl (C=O) groups excluding carboxylic acids is 1. The first kappa shape index (κ1) is 20.9. The van der Waals surface area contributed by atoms with Gasteiger partial charge in [-0.05, 0) is 32.0 Å². The lowest BCUT2D eigenvalue weighted by Gasteiger charge is -2.14. The number of aromatic nitrogens is 4. The summed E-state index contributed by atoms with van der Waals surface area (Å²) in [5, 5.41) is 3.20. The third kappa shape index (κ3) is 3.65. The number of imidazole rings is 1. The molecule has 8 nitrogen and oxygen atoms in total. The molecule has 5 rings (SSSR count). The van der Waals surface area contributed by atoms with E-state index in [1.165, 1.54) is 12.4 Å². The molecule has 168 valence electrons. The summed E-state index contributed by atoms with van der Waals surface area (Å²) < 4.78 is 27.0. The van der Waals surface area contributed by atoms with Crippen LogP contribution in [0.3, 0.4) is 0 Å². The minimum Gasteiger partial charge on any atom is -0.493 e. The fourth-order valence-corrected chi connectivity index (χ4v) is 4.13. The van der Waals surface area contributed by atoms with Crippen molar-refractivity contribution in [3.8, 4) is 16.9 Å². The van der Waals surface area contributed by atoms with Crippen LogP contribution in [0.25, 0.3) is 16.6 Å². The normalized spacial score (nSPS) is 12.5. The van der Waals surface area contributed by atoms with Crippen molar-refractivity contribution in [3.63, 3.8) is 0 Å². The van der Waals surface area contributed by atoms with E-state index >= 15 is 0 Å². The highest BCUT2D eigenvalue weighted by molar-refractivity contribution is 6.00. The summed E-state index contributed by atoms with van der Waals surface area (Å²) in [4.78, 5) is 25.9. The lowest BCUT2D eigenvalue weighted by molar-refractivity contribution is 0.0522. The number of ether oxygens (including phenoxy) is 2. The first-order chi connectivity index (χ1) is 16.1. The van der Waals surface area contributed by atoms with Crippen LogP contribution in [0, 0.1) is 12.7 Å². The van der Waals surface area contributed by atoms with Gasteiger partial charge in [0.1, 0.15) is 17.9 Å². The van der Waals surface area contributed by atoms with E-state index in [-0.39, 0.29) is 24.7 Å². The Labute approximate surface area is 189 Å². The molecule has 0 atom stereocenters. The summed E-state index contributed by atoms with van der Waals surface area (Å²) in [5.74, 6) is 0.308. The monoisotopic (exact) mass is 447 g/mol. The van der Waals surface area contributed by atoms with Gasteiger partial charge in [-0.1, -0.05) is 6.07 Å². The van der Waals surface area contributed by atoms with Crippen LogP contribution in [0.5, 0.6) is 5.75 Å². The van der Waals surface area contributed by atoms with Gasteiger partial charge < -0.3 is 14.8 Å². The number of nitrogens with zero attached hydrogens (tertiary/aromatic N) is 4. The molecule has 0 fully saturated rings. The number of carbonyl (C=O) groups is 1. The molecule has 0 unspecified atom stereocenters. The van der Waals surface area contributed by atoms with E-state index in [0.717, 1.165) is 16.8 Å². The Kier molecular flexibility index (Phi) is 5.37. The number of nitrogens with one attached hydrogen (secondary N) is 1. The number of hydrogen-bond acceptors (Lipinski definition) is 7. The molecule has 1 aliphatic heterocycles. The number of benzene rings is 1. The first-order valence-corrected chi connectivity index (χ1v) is 10.7. The van der Waals surface area contributed by atoms with Crippen LogP contribution in [0.2, 0.25) is 0 Å². The Hall–Kier alpha value is -4.01. The quantitative estimate of drug-likeness (QED) is 0.448. The van der Waals surface area contributed by atoms with Crippen molar-refractivity contribution >= 4 is 17.4 Å². The predicted molar refractivity (Wildman–Crippen MR) is 120 cm³/mol. The molecule has 0 aliphatic carbocycles. The summed E-state index contributed by atoms with van der Waals surface area (Å²) >= 11 is 0. The van der Waals surface area contributed by atoms with Crippen molar-refractivity contribution < 1.29 is 18.7 Å². The van der Waals surface area contributed by atoms with Gasteiger partial charge in [0.15, 0.2) is 5.69 Å². The van der Waals surface area contributed by atoms with E-state index < -0.39 is 5.97 Å². The molecule has 0 saturated carbocycles. The molecule has 9 heteroatoms. The van der Waals surface area contributed by atoms with Crippen molar-refractivity contribution in [2.24, 2.45) is 0 Å². The van der Waals surface area contributed by atoms with Crippen LogP contribution in [0.4, 0.5) is 10.3 Å². The molecule has 0 spiro atoms. The standard InChI is InChI=1S/C24H22FN5O3/c1-3-32-23(31)21-22-18(15-5-4-9-26-14(15)2)12-28-24(30(22)13-29-21)27-11-17-16-8-10-33-20(16)7-6-19(17)25/h4-7,9,12-13H,3,8,10-11H2,1-2H3,(H,27,28). The topological polar surface area (TPSA) is 90.6 Å². The van der Waals surface area contributed by atoms with E-state index in [4.69, 9.17) is 9.47 Å². The van der Waals surface area contributed by atoms with Crippen LogP contribution in [0.15, 0.2) is 43.0 Å². The van der Waals surface area contributed by atoms with Gasteiger partial charge in [-0.15, -0.1) is 0 Å². The van der Waals surface area contributed by atoms with E-state index in [0.29, 0.717) is 41.4 Å². The highest BCUT2D eigenvalue weighted by atomic mass is 19.1.